The van der Waals surface area contributed by atoms with E-state index in [0.717, 1.165) is 24.8 Å². The van der Waals surface area contributed by atoms with E-state index in [1.54, 1.807) is 17.1 Å². The molecule has 1 aliphatic carbocycles. The van der Waals surface area contributed by atoms with Crippen molar-refractivity contribution >= 4 is 11.7 Å². The summed E-state index contributed by atoms with van der Waals surface area (Å²) < 4.78 is 1.67. The predicted octanol–water partition coefficient (Wildman–Crippen LogP) is 3.04. The molecule has 1 aromatic carbocycles. The minimum Gasteiger partial charge on any atom is -0.352 e. The first-order valence-electron chi connectivity index (χ1n) is 9.56. The Morgan fingerprint density at radius 2 is 1.93 bits per heavy atom. The maximum absolute atomic E-state index is 12.4. The van der Waals surface area contributed by atoms with Gasteiger partial charge in [0.25, 0.3) is 0 Å². The first kappa shape index (κ1) is 18.1. The lowest BCUT2D eigenvalue weighted by atomic mass is 10.0. The highest BCUT2D eigenvalue weighted by atomic mass is 16.2. The third-order valence-electron chi connectivity index (χ3n) is 5.06. The number of ketones is 1. The van der Waals surface area contributed by atoms with Crippen molar-refractivity contribution in [2.24, 2.45) is 0 Å². The van der Waals surface area contributed by atoms with E-state index in [0.29, 0.717) is 17.9 Å². The van der Waals surface area contributed by atoms with E-state index >= 15 is 0 Å². The number of aryl methyl sites for hydroxylation is 2. The number of rotatable bonds is 7. The van der Waals surface area contributed by atoms with Crippen LogP contribution in [-0.4, -0.2) is 26.5 Å². The van der Waals surface area contributed by atoms with Crippen molar-refractivity contribution in [1.29, 1.82) is 0 Å². The molecule has 2 heterocycles. The minimum absolute atomic E-state index is 0.0171. The molecule has 142 valence electrons. The van der Waals surface area contributed by atoms with Crippen molar-refractivity contribution in [2.45, 2.75) is 38.6 Å². The Kier molecular flexibility index (Phi) is 5.28. The van der Waals surface area contributed by atoms with E-state index in [2.05, 4.69) is 21.5 Å². The van der Waals surface area contributed by atoms with Crippen LogP contribution >= 0.6 is 0 Å². The number of aromatic nitrogens is 3. The summed E-state index contributed by atoms with van der Waals surface area (Å²) in [4.78, 5) is 29.0. The summed E-state index contributed by atoms with van der Waals surface area (Å²) in [5, 5.41) is 7.07. The highest BCUT2D eigenvalue weighted by Crippen LogP contribution is 2.23. The molecule has 6 nitrogen and oxygen atoms in total. The molecule has 0 bridgehead atoms. The van der Waals surface area contributed by atoms with Crippen LogP contribution in [-0.2, 0) is 24.2 Å². The molecular weight excluding hydrogens is 352 g/mol. The molecule has 0 fully saturated rings. The molecule has 0 saturated heterocycles. The van der Waals surface area contributed by atoms with Gasteiger partial charge in [-0.05, 0) is 48.6 Å². The van der Waals surface area contributed by atoms with Crippen LogP contribution in [0.4, 0.5) is 0 Å². The van der Waals surface area contributed by atoms with Crippen molar-refractivity contribution < 1.29 is 9.59 Å². The average molecular weight is 374 g/mol. The van der Waals surface area contributed by atoms with E-state index in [-0.39, 0.29) is 24.5 Å². The van der Waals surface area contributed by atoms with Crippen LogP contribution in [0.3, 0.4) is 0 Å². The van der Waals surface area contributed by atoms with Crippen LogP contribution in [0.15, 0.2) is 55.0 Å². The third-order valence-corrected chi connectivity index (χ3v) is 5.06. The number of fused-ring (bicyclic) bond motifs is 1. The summed E-state index contributed by atoms with van der Waals surface area (Å²) in [6.07, 6.45) is 8.87. The number of benzene rings is 1. The Balaban J connectivity index is 1.31. The fourth-order valence-corrected chi connectivity index (χ4v) is 3.57. The number of Topliss-reactive ketones (excluding diaryl/α,β-unsaturated/α-hetero) is 1. The summed E-state index contributed by atoms with van der Waals surface area (Å²) in [5.74, 6) is 0.551. The van der Waals surface area contributed by atoms with E-state index in [1.165, 1.54) is 11.1 Å². The zero-order valence-electron chi connectivity index (χ0n) is 15.6. The Labute approximate surface area is 163 Å². The van der Waals surface area contributed by atoms with Gasteiger partial charge >= 0.3 is 0 Å². The second kappa shape index (κ2) is 8.17. The molecule has 0 unspecified atom stereocenters. The van der Waals surface area contributed by atoms with E-state index in [4.69, 9.17) is 0 Å². The molecule has 2 aromatic heterocycles. The van der Waals surface area contributed by atoms with Gasteiger partial charge in [0.05, 0.1) is 0 Å². The maximum atomic E-state index is 12.4. The lowest BCUT2D eigenvalue weighted by molar-refractivity contribution is -0.121. The molecular formula is C22H22N4O2. The SMILES string of the molecule is O=C(CCC(=O)c1ccc2c(c1)CCC2)NCc1cccnc1-n1cccn1. The number of nitrogens with zero attached hydrogens (tertiary/aromatic N) is 3. The van der Waals surface area contributed by atoms with Crippen LogP contribution < -0.4 is 5.32 Å². The number of hydrogen-bond donors (Lipinski definition) is 1. The lowest BCUT2D eigenvalue weighted by Crippen LogP contribution is -2.24. The topological polar surface area (TPSA) is 76.9 Å². The van der Waals surface area contributed by atoms with Crippen molar-refractivity contribution in [3.05, 3.63) is 77.2 Å². The molecule has 6 heteroatoms. The van der Waals surface area contributed by atoms with Gasteiger partial charge in [-0.2, -0.15) is 5.10 Å². The third kappa shape index (κ3) is 4.01. The quantitative estimate of drug-likeness (QED) is 0.645. The zero-order valence-corrected chi connectivity index (χ0v) is 15.6. The van der Waals surface area contributed by atoms with Crippen molar-refractivity contribution in [1.82, 2.24) is 20.1 Å². The molecule has 0 spiro atoms. The fraction of sp³-hybridized carbons (Fsp3) is 0.273. The number of carbonyl (C=O) groups excluding carboxylic acids is 2. The number of amides is 1. The molecule has 28 heavy (non-hydrogen) atoms. The Hall–Kier alpha value is -3.28. The van der Waals surface area contributed by atoms with Crippen molar-refractivity contribution in [3.63, 3.8) is 0 Å². The molecule has 1 amide bonds. The van der Waals surface area contributed by atoms with E-state index in [9.17, 15) is 9.59 Å². The molecule has 3 aromatic rings. The molecule has 0 atom stereocenters. The second-order valence-electron chi connectivity index (χ2n) is 6.97. The van der Waals surface area contributed by atoms with Crippen molar-refractivity contribution in [2.75, 3.05) is 0 Å². The van der Waals surface area contributed by atoms with Crippen LogP contribution in [0, 0.1) is 0 Å². The van der Waals surface area contributed by atoms with Gasteiger partial charge < -0.3 is 5.32 Å². The summed E-state index contributed by atoms with van der Waals surface area (Å²) >= 11 is 0. The van der Waals surface area contributed by atoms with Gasteiger partial charge in [0, 0.05) is 49.1 Å². The van der Waals surface area contributed by atoms with E-state index < -0.39 is 0 Å². The van der Waals surface area contributed by atoms with E-state index in [1.807, 2.05) is 36.5 Å². The Morgan fingerprint density at radius 1 is 1.04 bits per heavy atom. The molecule has 0 radical (unpaired) electrons. The summed E-state index contributed by atoms with van der Waals surface area (Å²) in [6, 6.07) is 11.5. The Bertz CT molecular complexity index is 996. The number of carbonyl (C=O) groups is 2. The molecule has 0 saturated carbocycles. The summed E-state index contributed by atoms with van der Waals surface area (Å²) in [7, 11) is 0. The highest BCUT2D eigenvalue weighted by Gasteiger charge is 2.15. The molecule has 1 aliphatic rings. The zero-order chi connectivity index (χ0) is 19.3. The predicted molar refractivity (Wildman–Crippen MR) is 105 cm³/mol. The molecule has 1 N–H and O–H groups in total. The van der Waals surface area contributed by atoms with Crippen molar-refractivity contribution in [3.8, 4) is 5.82 Å². The van der Waals surface area contributed by atoms with Crippen LogP contribution in [0.1, 0.15) is 46.3 Å². The van der Waals surface area contributed by atoms with Gasteiger partial charge in [-0.15, -0.1) is 0 Å². The molecule has 4 rings (SSSR count). The number of pyridine rings is 1. The normalized spacial score (nSPS) is 12.6. The van der Waals surface area contributed by atoms with Gasteiger partial charge in [0.2, 0.25) is 5.91 Å². The van der Waals surface area contributed by atoms with Crippen LogP contribution in [0.5, 0.6) is 0 Å². The van der Waals surface area contributed by atoms with Gasteiger partial charge in [-0.25, -0.2) is 9.67 Å². The standard InChI is InChI=1S/C22H22N4O2/c27-20(18-8-7-16-4-1-5-17(16)14-18)9-10-21(28)24-15-19-6-2-11-23-22(19)26-13-3-12-25-26/h2-3,6-8,11-14H,1,4-5,9-10,15H2,(H,24,28). The first-order chi connectivity index (χ1) is 13.7. The fourth-order valence-electron chi connectivity index (χ4n) is 3.57. The van der Waals surface area contributed by atoms with Gasteiger partial charge in [0.1, 0.15) is 0 Å². The molecule has 0 aliphatic heterocycles. The number of nitrogens with one attached hydrogen (secondary N) is 1. The highest BCUT2D eigenvalue weighted by molar-refractivity contribution is 5.98. The second-order valence-corrected chi connectivity index (χ2v) is 6.97. The van der Waals surface area contributed by atoms with Crippen LogP contribution in [0.25, 0.3) is 5.82 Å². The summed E-state index contributed by atoms with van der Waals surface area (Å²) in [5.41, 5.74) is 4.20. The summed E-state index contributed by atoms with van der Waals surface area (Å²) in [6.45, 7) is 0.342. The monoisotopic (exact) mass is 374 g/mol. The average Bonchev–Trinajstić information content (AvgIpc) is 3.41. The minimum atomic E-state index is -0.148. The van der Waals surface area contributed by atoms with Crippen LogP contribution in [0.2, 0.25) is 0 Å². The van der Waals surface area contributed by atoms with Gasteiger partial charge in [-0.3, -0.25) is 9.59 Å². The largest absolute Gasteiger partial charge is 0.352 e. The lowest BCUT2D eigenvalue weighted by Gasteiger charge is -2.10. The number of hydrogen-bond acceptors (Lipinski definition) is 4. The smallest absolute Gasteiger partial charge is 0.220 e. The first-order valence-corrected chi connectivity index (χ1v) is 9.56. The van der Waals surface area contributed by atoms with Gasteiger partial charge in [-0.1, -0.05) is 18.2 Å². The maximum Gasteiger partial charge on any atom is 0.220 e. The Morgan fingerprint density at radius 3 is 2.79 bits per heavy atom. The van der Waals surface area contributed by atoms with Gasteiger partial charge in [0.15, 0.2) is 11.6 Å².